The molecule has 2 aromatic rings. The number of halogens is 2. The molecule has 5 heteroatoms. The molecule has 1 unspecified atom stereocenters. The SMILES string of the molecule is COc1ccc(C2C[C@H](N)c3ccc(F)cc3O2)cc1F. The Labute approximate surface area is 121 Å². The lowest BCUT2D eigenvalue weighted by Gasteiger charge is -2.30. The van der Waals surface area contributed by atoms with Crippen molar-refractivity contribution in [3.63, 3.8) is 0 Å². The molecule has 0 radical (unpaired) electrons. The number of hydrogen-bond donors (Lipinski definition) is 1. The molecule has 3 rings (SSSR count). The Morgan fingerprint density at radius 3 is 2.71 bits per heavy atom. The Bertz CT molecular complexity index is 675. The molecule has 1 aliphatic rings. The van der Waals surface area contributed by atoms with Crippen LogP contribution in [0.2, 0.25) is 0 Å². The predicted octanol–water partition coefficient (Wildman–Crippen LogP) is 3.50. The van der Waals surface area contributed by atoms with E-state index in [1.54, 1.807) is 18.2 Å². The number of fused-ring (bicyclic) bond motifs is 1. The summed E-state index contributed by atoms with van der Waals surface area (Å²) in [5.74, 6) is -0.264. The lowest BCUT2D eigenvalue weighted by molar-refractivity contribution is 0.160. The lowest BCUT2D eigenvalue weighted by Crippen LogP contribution is -2.24. The smallest absolute Gasteiger partial charge is 0.165 e. The molecule has 0 bridgehead atoms. The van der Waals surface area contributed by atoms with Gasteiger partial charge in [-0.15, -0.1) is 0 Å². The van der Waals surface area contributed by atoms with Crippen LogP contribution in [0.3, 0.4) is 0 Å². The maximum Gasteiger partial charge on any atom is 0.165 e. The Kier molecular flexibility index (Phi) is 3.51. The van der Waals surface area contributed by atoms with Gasteiger partial charge in [0.2, 0.25) is 0 Å². The second-order valence-electron chi connectivity index (χ2n) is 5.02. The van der Waals surface area contributed by atoms with Crippen LogP contribution < -0.4 is 15.2 Å². The molecule has 0 aromatic heterocycles. The molecule has 0 aliphatic carbocycles. The van der Waals surface area contributed by atoms with Crippen molar-refractivity contribution >= 4 is 0 Å². The Morgan fingerprint density at radius 2 is 2.00 bits per heavy atom. The largest absolute Gasteiger partial charge is 0.494 e. The zero-order valence-electron chi connectivity index (χ0n) is 11.5. The van der Waals surface area contributed by atoms with Crippen molar-refractivity contribution in [2.45, 2.75) is 18.6 Å². The van der Waals surface area contributed by atoms with Gasteiger partial charge in [-0.3, -0.25) is 0 Å². The van der Waals surface area contributed by atoms with Crippen LogP contribution >= 0.6 is 0 Å². The van der Waals surface area contributed by atoms with Crippen LogP contribution in [0.5, 0.6) is 11.5 Å². The van der Waals surface area contributed by atoms with E-state index in [2.05, 4.69) is 0 Å². The van der Waals surface area contributed by atoms with E-state index < -0.39 is 11.9 Å². The third-order valence-electron chi connectivity index (χ3n) is 3.66. The molecule has 1 aliphatic heterocycles. The molecular formula is C16H15F2NO2. The fraction of sp³-hybridized carbons (Fsp3) is 0.250. The summed E-state index contributed by atoms with van der Waals surface area (Å²) in [6, 6.07) is 8.64. The van der Waals surface area contributed by atoms with Crippen LogP contribution in [-0.2, 0) is 0 Å². The summed E-state index contributed by atoms with van der Waals surface area (Å²) in [6.45, 7) is 0. The maximum atomic E-state index is 13.8. The van der Waals surface area contributed by atoms with Crippen LogP contribution in [0.15, 0.2) is 36.4 Å². The van der Waals surface area contributed by atoms with Crippen molar-refractivity contribution in [1.29, 1.82) is 0 Å². The van der Waals surface area contributed by atoms with E-state index in [1.807, 2.05) is 0 Å². The molecule has 0 amide bonds. The maximum absolute atomic E-state index is 13.8. The topological polar surface area (TPSA) is 44.5 Å². The minimum atomic E-state index is -0.461. The van der Waals surface area contributed by atoms with Crippen molar-refractivity contribution in [3.8, 4) is 11.5 Å². The Morgan fingerprint density at radius 1 is 1.19 bits per heavy atom. The minimum absolute atomic E-state index is 0.172. The van der Waals surface area contributed by atoms with Crippen LogP contribution in [0, 0.1) is 11.6 Å². The molecule has 3 nitrogen and oxygen atoms in total. The number of methoxy groups -OCH3 is 1. The van der Waals surface area contributed by atoms with Gasteiger partial charge in [0.25, 0.3) is 0 Å². The summed E-state index contributed by atoms with van der Waals surface area (Å²) in [7, 11) is 1.41. The van der Waals surface area contributed by atoms with Gasteiger partial charge >= 0.3 is 0 Å². The van der Waals surface area contributed by atoms with Crippen LogP contribution in [0.1, 0.15) is 29.7 Å². The molecule has 2 atom stereocenters. The van der Waals surface area contributed by atoms with Crippen molar-refractivity contribution in [3.05, 3.63) is 59.2 Å². The van der Waals surface area contributed by atoms with E-state index in [1.165, 1.54) is 25.3 Å². The van der Waals surface area contributed by atoms with E-state index in [-0.39, 0.29) is 17.6 Å². The van der Waals surface area contributed by atoms with E-state index in [4.69, 9.17) is 15.2 Å². The molecule has 0 fully saturated rings. The molecule has 0 saturated carbocycles. The van der Waals surface area contributed by atoms with Gasteiger partial charge in [0.15, 0.2) is 11.6 Å². The quantitative estimate of drug-likeness (QED) is 0.921. The van der Waals surface area contributed by atoms with Gasteiger partial charge in [-0.2, -0.15) is 0 Å². The fourth-order valence-electron chi connectivity index (χ4n) is 2.56. The molecule has 1 heterocycles. The number of ether oxygens (including phenoxy) is 2. The number of benzene rings is 2. The number of rotatable bonds is 2. The first-order valence-electron chi connectivity index (χ1n) is 6.63. The zero-order valence-corrected chi connectivity index (χ0v) is 11.5. The van der Waals surface area contributed by atoms with Gasteiger partial charge in [-0.05, 0) is 23.8 Å². The fourth-order valence-corrected chi connectivity index (χ4v) is 2.56. The van der Waals surface area contributed by atoms with Gasteiger partial charge in [-0.1, -0.05) is 12.1 Å². The molecule has 2 aromatic carbocycles. The third kappa shape index (κ3) is 2.56. The van der Waals surface area contributed by atoms with Crippen molar-refractivity contribution < 1.29 is 18.3 Å². The van der Waals surface area contributed by atoms with E-state index in [0.29, 0.717) is 17.7 Å². The van der Waals surface area contributed by atoms with Gasteiger partial charge in [-0.25, -0.2) is 8.78 Å². The average Bonchev–Trinajstić information content (AvgIpc) is 2.46. The first-order chi connectivity index (χ1) is 10.1. The monoisotopic (exact) mass is 291 g/mol. The van der Waals surface area contributed by atoms with Crippen molar-refractivity contribution in [1.82, 2.24) is 0 Å². The molecule has 21 heavy (non-hydrogen) atoms. The Balaban J connectivity index is 1.93. The molecule has 2 N–H and O–H groups in total. The molecule has 0 spiro atoms. The van der Waals surface area contributed by atoms with E-state index in [0.717, 1.165) is 5.56 Å². The van der Waals surface area contributed by atoms with Crippen molar-refractivity contribution in [2.24, 2.45) is 5.73 Å². The first-order valence-corrected chi connectivity index (χ1v) is 6.63. The summed E-state index contributed by atoms with van der Waals surface area (Å²) < 4.78 is 37.8. The van der Waals surface area contributed by atoms with Crippen LogP contribution in [0.25, 0.3) is 0 Å². The highest BCUT2D eigenvalue weighted by molar-refractivity contribution is 5.40. The Hall–Kier alpha value is -2.14. The molecule has 0 saturated heterocycles. The molecular weight excluding hydrogens is 276 g/mol. The second kappa shape index (κ2) is 5.33. The van der Waals surface area contributed by atoms with E-state index in [9.17, 15) is 8.78 Å². The predicted molar refractivity (Wildman–Crippen MR) is 74.3 cm³/mol. The number of nitrogens with two attached hydrogens (primary N) is 1. The van der Waals surface area contributed by atoms with Gasteiger partial charge in [0, 0.05) is 24.1 Å². The summed E-state index contributed by atoms with van der Waals surface area (Å²) in [5, 5.41) is 0. The summed E-state index contributed by atoms with van der Waals surface area (Å²) >= 11 is 0. The number of hydrogen-bond acceptors (Lipinski definition) is 3. The highest BCUT2D eigenvalue weighted by atomic mass is 19.1. The minimum Gasteiger partial charge on any atom is -0.494 e. The molecule has 110 valence electrons. The summed E-state index contributed by atoms with van der Waals surface area (Å²) in [4.78, 5) is 0. The van der Waals surface area contributed by atoms with Crippen LogP contribution in [0.4, 0.5) is 8.78 Å². The van der Waals surface area contributed by atoms with Crippen molar-refractivity contribution in [2.75, 3.05) is 7.11 Å². The van der Waals surface area contributed by atoms with Gasteiger partial charge in [0.1, 0.15) is 17.7 Å². The van der Waals surface area contributed by atoms with Crippen LogP contribution in [-0.4, -0.2) is 7.11 Å². The lowest BCUT2D eigenvalue weighted by atomic mass is 9.93. The first kappa shape index (κ1) is 13.8. The second-order valence-corrected chi connectivity index (χ2v) is 5.02. The standard InChI is InChI=1S/C16H15F2NO2/c1-20-14-5-2-9(6-12(14)18)15-8-13(19)11-4-3-10(17)7-16(11)21-15/h2-7,13,15H,8,19H2,1H3/t13-,15?/m0/s1. The normalized spacial score (nSPS) is 20.6. The van der Waals surface area contributed by atoms with Gasteiger partial charge < -0.3 is 15.2 Å². The highest BCUT2D eigenvalue weighted by Crippen LogP contribution is 2.40. The zero-order chi connectivity index (χ0) is 15.0. The highest BCUT2D eigenvalue weighted by Gasteiger charge is 2.28. The van der Waals surface area contributed by atoms with Gasteiger partial charge in [0.05, 0.1) is 7.11 Å². The average molecular weight is 291 g/mol. The third-order valence-corrected chi connectivity index (χ3v) is 3.66. The summed E-state index contributed by atoms with van der Waals surface area (Å²) in [6.07, 6.45) is 0.0967. The summed E-state index contributed by atoms with van der Waals surface area (Å²) in [5.41, 5.74) is 7.51. The van der Waals surface area contributed by atoms with E-state index >= 15 is 0 Å².